The number of amides is 3. The Bertz CT molecular complexity index is 1450. The highest BCUT2D eigenvalue weighted by Gasteiger charge is 2.32. The maximum atomic E-state index is 14.6. The zero-order chi connectivity index (χ0) is 27.5. The summed E-state index contributed by atoms with van der Waals surface area (Å²) in [5, 5.41) is 3.01. The van der Waals surface area contributed by atoms with Crippen LogP contribution in [0.3, 0.4) is 0 Å². The lowest BCUT2D eigenvalue weighted by Gasteiger charge is -2.31. The van der Waals surface area contributed by atoms with Crippen molar-refractivity contribution < 1.29 is 27.7 Å². The zero-order valence-corrected chi connectivity index (χ0v) is 22.2. The van der Waals surface area contributed by atoms with Crippen LogP contribution in [-0.4, -0.2) is 52.8 Å². The molecule has 3 aromatic rings. The van der Waals surface area contributed by atoms with Gasteiger partial charge in [0.2, 0.25) is 0 Å². The van der Waals surface area contributed by atoms with E-state index < -0.39 is 22.5 Å². The number of rotatable bonds is 5. The number of carbonyl (C=O) groups excluding carboxylic acids is 3. The fraction of sp³-hybridized carbons (Fsp3) is 0.276. The number of nitrogens with one attached hydrogen (secondary N) is 1. The molecule has 2 aliphatic heterocycles. The first-order chi connectivity index (χ1) is 18.9. The fourth-order valence-electron chi connectivity index (χ4n) is 4.85. The van der Waals surface area contributed by atoms with E-state index in [1.165, 1.54) is 11.0 Å². The van der Waals surface area contributed by atoms with E-state index in [0.717, 1.165) is 0 Å². The summed E-state index contributed by atoms with van der Waals surface area (Å²) in [6.45, 7) is 2.90. The van der Waals surface area contributed by atoms with Crippen LogP contribution < -0.4 is 10.2 Å². The monoisotopic (exact) mass is 549 g/mol. The molecule has 0 radical (unpaired) electrons. The van der Waals surface area contributed by atoms with E-state index in [1.807, 2.05) is 0 Å². The average molecular weight is 550 g/mol. The van der Waals surface area contributed by atoms with E-state index in [4.69, 9.17) is 4.74 Å². The average Bonchev–Trinajstić information content (AvgIpc) is 3.04. The highest BCUT2D eigenvalue weighted by Crippen LogP contribution is 2.36. The molecule has 1 N–H and O–H groups in total. The Morgan fingerprint density at radius 2 is 1.74 bits per heavy atom. The molecule has 3 amide bonds. The van der Waals surface area contributed by atoms with Gasteiger partial charge in [0.15, 0.2) is 0 Å². The smallest absolute Gasteiger partial charge is 0.409 e. The first kappa shape index (κ1) is 26.6. The Hall–Kier alpha value is -4.05. The molecule has 1 fully saturated rings. The summed E-state index contributed by atoms with van der Waals surface area (Å²) in [6, 6.07) is 17.4. The summed E-state index contributed by atoms with van der Waals surface area (Å²) in [5.41, 5.74) is 1.14. The lowest BCUT2D eigenvalue weighted by atomic mass is 10.0. The van der Waals surface area contributed by atoms with E-state index in [0.29, 0.717) is 53.6 Å². The van der Waals surface area contributed by atoms with Crippen molar-refractivity contribution in [2.24, 2.45) is 0 Å². The molecular formula is C29H28FN3O5S. The quantitative estimate of drug-likeness (QED) is 0.506. The number of anilines is 1. The van der Waals surface area contributed by atoms with E-state index in [-0.39, 0.29) is 35.7 Å². The summed E-state index contributed by atoms with van der Waals surface area (Å²) in [6.07, 6.45) is 0.793. The number of nitrogens with zero attached hydrogens (tertiary/aromatic N) is 2. The van der Waals surface area contributed by atoms with E-state index in [9.17, 15) is 23.0 Å². The van der Waals surface area contributed by atoms with Crippen LogP contribution in [-0.2, 0) is 22.1 Å². The van der Waals surface area contributed by atoms with Crippen molar-refractivity contribution in [3.8, 4) is 0 Å². The number of piperidine rings is 1. The van der Waals surface area contributed by atoms with Gasteiger partial charge in [0.1, 0.15) is 5.82 Å². The van der Waals surface area contributed by atoms with Gasteiger partial charge >= 0.3 is 6.09 Å². The van der Waals surface area contributed by atoms with Crippen molar-refractivity contribution in [2.45, 2.75) is 42.1 Å². The summed E-state index contributed by atoms with van der Waals surface area (Å²) >= 11 is 0. The predicted molar refractivity (Wildman–Crippen MR) is 144 cm³/mol. The molecule has 0 bridgehead atoms. The summed E-state index contributed by atoms with van der Waals surface area (Å²) < 4.78 is 33.2. The topological polar surface area (TPSA) is 96.0 Å². The summed E-state index contributed by atoms with van der Waals surface area (Å²) in [4.78, 5) is 42.7. The molecule has 8 nitrogen and oxygen atoms in total. The van der Waals surface area contributed by atoms with Crippen molar-refractivity contribution in [2.75, 3.05) is 24.6 Å². The Kier molecular flexibility index (Phi) is 7.74. The first-order valence-electron chi connectivity index (χ1n) is 12.8. The third-order valence-corrected chi connectivity index (χ3v) is 8.42. The molecule has 2 aliphatic rings. The molecule has 0 spiro atoms. The van der Waals surface area contributed by atoms with Gasteiger partial charge in [-0.25, -0.2) is 13.4 Å². The molecule has 10 heteroatoms. The second kappa shape index (κ2) is 11.4. The van der Waals surface area contributed by atoms with Gasteiger partial charge in [0.25, 0.3) is 11.8 Å². The first-order valence-corrected chi connectivity index (χ1v) is 13.9. The van der Waals surface area contributed by atoms with Gasteiger partial charge < -0.3 is 19.9 Å². The van der Waals surface area contributed by atoms with Gasteiger partial charge in [0.05, 0.1) is 45.0 Å². The molecule has 5 rings (SSSR count). The molecule has 0 aromatic heterocycles. The van der Waals surface area contributed by atoms with E-state index in [1.54, 1.807) is 72.5 Å². The number of benzene rings is 3. The number of halogens is 1. The highest BCUT2D eigenvalue weighted by molar-refractivity contribution is 7.85. The Labute approximate surface area is 228 Å². The van der Waals surface area contributed by atoms with Crippen molar-refractivity contribution in [1.82, 2.24) is 10.2 Å². The minimum absolute atomic E-state index is 0.0958. The molecule has 1 atom stereocenters. The zero-order valence-electron chi connectivity index (χ0n) is 21.4. The van der Waals surface area contributed by atoms with Gasteiger partial charge in [-0.05, 0) is 56.2 Å². The van der Waals surface area contributed by atoms with Crippen LogP contribution in [0.2, 0.25) is 0 Å². The molecule has 3 aromatic carbocycles. The fourth-order valence-corrected chi connectivity index (χ4v) is 6.19. The second-order valence-corrected chi connectivity index (χ2v) is 10.8. The number of hydrogen-bond donors (Lipinski definition) is 1. The van der Waals surface area contributed by atoms with E-state index >= 15 is 0 Å². The maximum absolute atomic E-state index is 14.6. The molecule has 202 valence electrons. The van der Waals surface area contributed by atoms with Gasteiger partial charge in [-0.3, -0.25) is 9.59 Å². The number of ether oxygens (including phenoxy) is 1. The van der Waals surface area contributed by atoms with Crippen molar-refractivity contribution in [3.63, 3.8) is 0 Å². The lowest BCUT2D eigenvalue weighted by molar-refractivity contribution is 0.0858. The van der Waals surface area contributed by atoms with E-state index in [2.05, 4.69) is 5.32 Å². The Balaban J connectivity index is 1.43. The van der Waals surface area contributed by atoms with Crippen molar-refractivity contribution >= 4 is 34.4 Å². The van der Waals surface area contributed by atoms with Crippen LogP contribution in [0.4, 0.5) is 14.9 Å². The van der Waals surface area contributed by atoms with Crippen LogP contribution in [0.25, 0.3) is 0 Å². The Morgan fingerprint density at radius 1 is 1.03 bits per heavy atom. The highest BCUT2D eigenvalue weighted by atomic mass is 32.2. The Morgan fingerprint density at radius 3 is 2.49 bits per heavy atom. The lowest BCUT2D eigenvalue weighted by Crippen LogP contribution is -2.46. The molecule has 0 aliphatic carbocycles. The van der Waals surface area contributed by atoms with Gasteiger partial charge in [-0.1, -0.05) is 30.3 Å². The van der Waals surface area contributed by atoms with Gasteiger partial charge in [-0.15, -0.1) is 0 Å². The summed E-state index contributed by atoms with van der Waals surface area (Å²) in [7, 11) is -1.69. The normalized spacial score (nSPS) is 17.2. The summed E-state index contributed by atoms with van der Waals surface area (Å²) in [5.74, 6) is -1.24. The minimum Gasteiger partial charge on any atom is -0.450 e. The molecule has 2 heterocycles. The molecule has 39 heavy (non-hydrogen) atoms. The maximum Gasteiger partial charge on any atom is 0.409 e. The molecule has 1 saturated heterocycles. The standard InChI is InChI=1S/C29H28FN3O5S/c1-2-38-29(36)32-15-13-21(14-16-32)31-27(34)19-11-12-26-24(17-19)33(18-20-7-3-5-9-23(20)30)28(35)22-8-4-6-10-25(22)39(26)37/h3-12,17,21H,2,13-16,18H2,1H3,(H,31,34)/t39-/m1/s1. The third kappa shape index (κ3) is 5.42. The largest absolute Gasteiger partial charge is 0.450 e. The minimum atomic E-state index is -1.69. The molecular weight excluding hydrogens is 521 g/mol. The third-order valence-electron chi connectivity index (χ3n) is 6.92. The number of hydrogen-bond acceptors (Lipinski definition) is 5. The van der Waals surface area contributed by atoms with Crippen LogP contribution in [0.15, 0.2) is 76.5 Å². The predicted octanol–water partition coefficient (Wildman–Crippen LogP) is 4.50. The number of carbonyl (C=O) groups is 3. The SMILES string of the molecule is CCOC(=O)N1CCC(NC(=O)c2ccc3c(c2)N(Cc2ccccc2F)C(=O)c2ccccc2[S@]3=O)CC1. The van der Waals surface area contributed by atoms with Crippen LogP contribution in [0.1, 0.15) is 46.0 Å². The second-order valence-electron chi connectivity index (χ2n) is 9.36. The number of fused-ring (bicyclic) bond motifs is 2. The number of likely N-dealkylation sites (tertiary alicyclic amines) is 1. The van der Waals surface area contributed by atoms with Crippen LogP contribution in [0, 0.1) is 5.82 Å². The van der Waals surface area contributed by atoms with Crippen molar-refractivity contribution in [3.05, 3.63) is 89.2 Å². The van der Waals surface area contributed by atoms with Gasteiger partial charge in [0, 0.05) is 30.3 Å². The van der Waals surface area contributed by atoms with Crippen LogP contribution >= 0.6 is 0 Å². The van der Waals surface area contributed by atoms with Gasteiger partial charge in [-0.2, -0.15) is 0 Å². The molecule has 0 saturated carbocycles. The van der Waals surface area contributed by atoms with Crippen molar-refractivity contribution in [1.29, 1.82) is 0 Å². The molecule has 0 unspecified atom stereocenters. The van der Waals surface area contributed by atoms with Crippen LogP contribution in [0.5, 0.6) is 0 Å².